The van der Waals surface area contributed by atoms with Crippen molar-refractivity contribution in [3.05, 3.63) is 23.8 Å². The summed E-state index contributed by atoms with van der Waals surface area (Å²) in [6.45, 7) is 0. The van der Waals surface area contributed by atoms with Crippen LogP contribution < -0.4 is 10.5 Å². The number of methoxy groups -OCH3 is 1. The lowest BCUT2D eigenvalue weighted by Gasteiger charge is -2.21. The lowest BCUT2D eigenvalue weighted by Crippen LogP contribution is -2.20. The molecule has 0 radical (unpaired) electrons. The molecule has 3 N–H and O–H groups in total. The van der Waals surface area contributed by atoms with Gasteiger partial charge in [0, 0.05) is 5.69 Å². The van der Waals surface area contributed by atoms with Crippen LogP contribution in [-0.2, 0) is 4.79 Å². The molecule has 0 spiro atoms. The van der Waals surface area contributed by atoms with Gasteiger partial charge in [0.25, 0.3) is 0 Å². The number of benzene rings is 1. The van der Waals surface area contributed by atoms with E-state index in [-0.39, 0.29) is 5.92 Å². The van der Waals surface area contributed by atoms with Gasteiger partial charge in [-0.3, -0.25) is 4.79 Å². The predicted octanol–water partition coefficient (Wildman–Crippen LogP) is 2.64. The van der Waals surface area contributed by atoms with Crippen molar-refractivity contribution in [1.29, 1.82) is 0 Å². The third-order valence-corrected chi connectivity index (χ3v) is 3.77. The summed E-state index contributed by atoms with van der Waals surface area (Å²) in [5.74, 6) is -0.454. The Kier molecular flexibility index (Phi) is 3.75. The van der Waals surface area contributed by atoms with Crippen molar-refractivity contribution in [3.8, 4) is 5.75 Å². The smallest absolute Gasteiger partial charge is 0.311 e. The SMILES string of the molecule is COc1ccc(N)c(C(C(=O)O)C2CCCC2)c1. The minimum Gasteiger partial charge on any atom is -0.497 e. The number of nitrogen functional groups attached to an aromatic ring is 1. The molecule has 0 aliphatic heterocycles. The van der Waals surface area contributed by atoms with Crippen LogP contribution in [0.25, 0.3) is 0 Å². The van der Waals surface area contributed by atoms with Crippen LogP contribution in [0, 0.1) is 5.92 Å². The van der Waals surface area contributed by atoms with E-state index in [1.165, 1.54) is 0 Å². The van der Waals surface area contributed by atoms with Crippen LogP contribution in [0.1, 0.15) is 37.2 Å². The van der Waals surface area contributed by atoms with Crippen molar-refractivity contribution >= 4 is 11.7 Å². The van der Waals surface area contributed by atoms with Crippen molar-refractivity contribution in [3.63, 3.8) is 0 Å². The fraction of sp³-hybridized carbons (Fsp3) is 0.500. The molecule has 1 aromatic carbocycles. The minimum absolute atomic E-state index is 0.192. The van der Waals surface area contributed by atoms with Gasteiger partial charge in [0.15, 0.2) is 0 Å². The normalized spacial score (nSPS) is 17.6. The van der Waals surface area contributed by atoms with E-state index >= 15 is 0 Å². The maximum Gasteiger partial charge on any atom is 0.311 e. The fourth-order valence-corrected chi connectivity index (χ4v) is 2.83. The van der Waals surface area contributed by atoms with Gasteiger partial charge < -0.3 is 15.6 Å². The van der Waals surface area contributed by atoms with Crippen molar-refractivity contribution in [2.24, 2.45) is 5.92 Å². The van der Waals surface area contributed by atoms with Gasteiger partial charge >= 0.3 is 5.97 Å². The molecule has 1 aromatic rings. The molecule has 18 heavy (non-hydrogen) atoms. The molecule has 0 bridgehead atoms. The molecule has 1 aliphatic rings. The quantitative estimate of drug-likeness (QED) is 0.804. The number of anilines is 1. The molecule has 0 aromatic heterocycles. The first-order chi connectivity index (χ1) is 8.63. The zero-order chi connectivity index (χ0) is 13.1. The molecular formula is C14H19NO3. The van der Waals surface area contributed by atoms with Gasteiger partial charge in [-0.2, -0.15) is 0 Å². The molecule has 1 saturated carbocycles. The van der Waals surface area contributed by atoms with E-state index in [9.17, 15) is 9.90 Å². The Balaban J connectivity index is 2.38. The van der Waals surface area contributed by atoms with Crippen molar-refractivity contribution in [1.82, 2.24) is 0 Å². The Morgan fingerprint density at radius 2 is 2.11 bits per heavy atom. The van der Waals surface area contributed by atoms with Crippen LogP contribution in [0.2, 0.25) is 0 Å². The van der Waals surface area contributed by atoms with Gasteiger partial charge in [-0.15, -0.1) is 0 Å². The van der Waals surface area contributed by atoms with E-state index in [4.69, 9.17) is 10.5 Å². The molecule has 0 saturated heterocycles. The van der Waals surface area contributed by atoms with Gasteiger partial charge in [-0.25, -0.2) is 0 Å². The first-order valence-corrected chi connectivity index (χ1v) is 6.29. The summed E-state index contributed by atoms with van der Waals surface area (Å²) in [6, 6.07) is 5.23. The van der Waals surface area contributed by atoms with Crippen molar-refractivity contribution in [2.45, 2.75) is 31.6 Å². The summed E-state index contributed by atoms with van der Waals surface area (Å²) in [7, 11) is 1.57. The topological polar surface area (TPSA) is 72.5 Å². The number of nitrogens with two attached hydrogens (primary N) is 1. The largest absolute Gasteiger partial charge is 0.497 e. The number of hydrogen-bond acceptors (Lipinski definition) is 3. The third-order valence-electron chi connectivity index (χ3n) is 3.77. The molecule has 1 unspecified atom stereocenters. The molecular weight excluding hydrogens is 230 g/mol. The molecule has 0 amide bonds. The van der Waals surface area contributed by atoms with Crippen LogP contribution in [-0.4, -0.2) is 18.2 Å². The van der Waals surface area contributed by atoms with Gasteiger partial charge in [-0.05, 0) is 42.5 Å². The van der Waals surface area contributed by atoms with Crippen LogP contribution >= 0.6 is 0 Å². The Hall–Kier alpha value is -1.71. The highest BCUT2D eigenvalue weighted by Crippen LogP contribution is 2.40. The molecule has 1 atom stereocenters. The Morgan fingerprint density at radius 3 is 2.67 bits per heavy atom. The molecule has 4 nitrogen and oxygen atoms in total. The van der Waals surface area contributed by atoms with E-state index in [1.54, 1.807) is 25.3 Å². The first-order valence-electron chi connectivity index (χ1n) is 6.29. The van der Waals surface area contributed by atoms with E-state index in [0.717, 1.165) is 25.7 Å². The van der Waals surface area contributed by atoms with Crippen molar-refractivity contribution in [2.75, 3.05) is 12.8 Å². The highest BCUT2D eigenvalue weighted by atomic mass is 16.5. The molecule has 1 fully saturated rings. The second-order valence-electron chi connectivity index (χ2n) is 4.86. The average molecular weight is 249 g/mol. The number of carboxylic acids is 1. The molecule has 2 rings (SSSR count). The molecule has 98 valence electrons. The first kappa shape index (κ1) is 12.7. The van der Waals surface area contributed by atoms with Crippen molar-refractivity contribution < 1.29 is 14.6 Å². The predicted molar refractivity (Wildman–Crippen MR) is 69.7 cm³/mol. The summed E-state index contributed by atoms with van der Waals surface area (Å²) < 4.78 is 5.15. The summed E-state index contributed by atoms with van der Waals surface area (Å²) in [5, 5.41) is 9.48. The zero-order valence-corrected chi connectivity index (χ0v) is 10.6. The van der Waals surface area contributed by atoms with E-state index in [0.29, 0.717) is 17.0 Å². The second-order valence-corrected chi connectivity index (χ2v) is 4.86. The van der Waals surface area contributed by atoms with Gasteiger partial charge in [0.2, 0.25) is 0 Å². The van der Waals surface area contributed by atoms with Crippen LogP contribution in [0.4, 0.5) is 5.69 Å². The molecule has 4 heteroatoms. The minimum atomic E-state index is -0.790. The second kappa shape index (κ2) is 5.29. The lowest BCUT2D eigenvalue weighted by atomic mass is 9.84. The fourth-order valence-electron chi connectivity index (χ4n) is 2.83. The van der Waals surface area contributed by atoms with Gasteiger partial charge in [-0.1, -0.05) is 12.8 Å². The summed E-state index contributed by atoms with van der Waals surface area (Å²) in [5.41, 5.74) is 7.16. The average Bonchev–Trinajstić information content (AvgIpc) is 2.85. The number of aliphatic carboxylic acids is 1. The highest BCUT2D eigenvalue weighted by molar-refractivity contribution is 5.79. The maximum absolute atomic E-state index is 11.5. The zero-order valence-electron chi connectivity index (χ0n) is 10.6. The summed E-state index contributed by atoms with van der Waals surface area (Å²) in [4.78, 5) is 11.5. The van der Waals surface area contributed by atoms with Crippen LogP contribution in [0.15, 0.2) is 18.2 Å². The van der Waals surface area contributed by atoms with Gasteiger partial charge in [0.05, 0.1) is 13.0 Å². The Bertz CT molecular complexity index is 439. The number of hydrogen-bond donors (Lipinski definition) is 2. The maximum atomic E-state index is 11.5. The third kappa shape index (κ3) is 2.42. The highest BCUT2D eigenvalue weighted by Gasteiger charge is 2.33. The number of carboxylic acid groups (broad SMARTS) is 1. The number of rotatable bonds is 4. The Labute approximate surface area is 107 Å². The van der Waals surface area contributed by atoms with E-state index in [1.807, 2.05) is 0 Å². The Morgan fingerprint density at radius 1 is 1.44 bits per heavy atom. The van der Waals surface area contributed by atoms with Gasteiger partial charge in [0.1, 0.15) is 5.75 Å². The summed E-state index contributed by atoms with van der Waals surface area (Å²) >= 11 is 0. The molecule has 0 heterocycles. The van der Waals surface area contributed by atoms with E-state index in [2.05, 4.69) is 0 Å². The number of ether oxygens (including phenoxy) is 1. The van der Waals surface area contributed by atoms with Crippen LogP contribution in [0.3, 0.4) is 0 Å². The standard InChI is InChI=1S/C14H19NO3/c1-18-10-6-7-12(15)11(8-10)13(14(16)17)9-4-2-3-5-9/h6-9,13H,2-5,15H2,1H3,(H,16,17). The van der Waals surface area contributed by atoms with Crippen LogP contribution in [0.5, 0.6) is 5.75 Å². The monoisotopic (exact) mass is 249 g/mol. The lowest BCUT2D eigenvalue weighted by molar-refractivity contribution is -0.140. The summed E-state index contributed by atoms with van der Waals surface area (Å²) in [6.07, 6.45) is 4.15. The molecule has 1 aliphatic carbocycles. The number of carbonyl (C=O) groups is 1. The van der Waals surface area contributed by atoms with E-state index < -0.39 is 11.9 Å².